The van der Waals surface area contributed by atoms with Crippen LogP contribution in [0.4, 0.5) is 0 Å². The molecule has 0 N–H and O–H groups in total. The number of carbonyl (C=O) groups excluding carboxylic acids is 3. The number of rotatable bonds is 50. The van der Waals surface area contributed by atoms with Gasteiger partial charge in [0.15, 0.2) is 6.10 Å². The summed E-state index contributed by atoms with van der Waals surface area (Å²) in [4.78, 5) is 38.1. The first kappa shape index (κ1) is 64.3. The van der Waals surface area contributed by atoms with Crippen molar-refractivity contribution < 1.29 is 28.6 Å². The summed E-state index contributed by atoms with van der Waals surface area (Å²) in [5, 5.41) is 0. The number of carbonyl (C=O) groups is 3. The lowest BCUT2D eigenvalue weighted by molar-refractivity contribution is -0.167. The third-order valence-electron chi connectivity index (χ3n) is 11.8. The average Bonchev–Trinajstić information content (AvgIpc) is 3.34. The summed E-state index contributed by atoms with van der Waals surface area (Å²) < 4.78 is 16.8. The van der Waals surface area contributed by atoms with E-state index in [2.05, 4.69) is 118 Å². The fraction of sp³-hybridized carbons (Fsp3) is 0.694. The lowest BCUT2D eigenvalue weighted by atomic mass is 10.0. The minimum Gasteiger partial charge on any atom is -0.462 e. The molecule has 0 aromatic carbocycles. The first-order valence-electron chi connectivity index (χ1n) is 28.2. The van der Waals surface area contributed by atoms with Gasteiger partial charge in [-0.1, -0.05) is 240 Å². The standard InChI is InChI=1S/C62H104O6/c1-4-7-10-13-16-19-22-25-28-29-30-31-32-33-35-37-40-43-46-49-52-55-61(64)67-58-59(57-66-60(63)54-51-48-45-42-39-36-27-24-21-18-15-12-9-6-3)68-62(65)56-53-50-47-44-41-38-34-26-23-20-17-14-11-8-5-2/h7-8,10-11,16-17,19-20,25-26,28,30-31,34,41,44,59H,4-6,9,12-15,18,21-24,27,29,32-33,35-40,42-43,45-58H2,1-3H3/b10-7-,11-8-,19-16-,20-17-,28-25-,31-30-,34-26-,44-41-. The van der Waals surface area contributed by atoms with E-state index in [1.54, 1.807) is 0 Å². The van der Waals surface area contributed by atoms with Crippen molar-refractivity contribution in [3.05, 3.63) is 97.2 Å². The zero-order valence-electron chi connectivity index (χ0n) is 44.3. The van der Waals surface area contributed by atoms with Gasteiger partial charge in [-0.3, -0.25) is 14.4 Å². The first-order valence-corrected chi connectivity index (χ1v) is 28.2. The highest BCUT2D eigenvalue weighted by molar-refractivity contribution is 5.71. The SMILES string of the molecule is CC/C=C\C/C=C\C/C=C\C/C=C\CCCCCCCCCCC(=O)OCC(COC(=O)CCCCCCCCCCCCCCCC)OC(=O)CCCC/C=C\C/C=C\C/C=C\C/C=C\CC. The second kappa shape index (κ2) is 55.9. The summed E-state index contributed by atoms with van der Waals surface area (Å²) in [6, 6.07) is 0. The predicted molar refractivity (Wildman–Crippen MR) is 293 cm³/mol. The van der Waals surface area contributed by atoms with Crippen molar-refractivity contribution in [1.29, 1.82) is 0 Å². The molecule has 0 amide bonds. The molecule has 0 aromatic rings. The van der Waals surface area contributed by atoms with Gasteiger partial charge in [0.25, 0.3) is 0 Å². The lowest BCUT2D eigenvalue weighted by Gasteiger charge is -2.18. The molecular formula is C62H104O6. The van der Waals surface area contributed by atoms with Crippen LogP contribution in [-0.4, -0.2) is 37.2 Å². The molecule has 0 aliphatic rings. The van der Waals surface area contributed by atoms with Crippen LogP contribution in [0.15, 0.2) is 97.2 Å². The molecule has 0 saturated carbocycles. The maximum Gasteiger partial charge on any atom is 0.306 e. The largest absolute Gasteiger partial charge is 0.462 e. The molecule has 0 heterocycles. The Morgan fingerprint density at radius 1 is 0.309 bits per heavy atom. The van der Waals surface area contributed by atoms with E-state index in [4.69, 9.17) is 14.2 Å². The van der Waals surface area contributed by atoms with Crippen molar-refractivity contribution in [2.45, 2.75) is 264 Å². The molecule has 1 unspecified atom stereocenters. The maximum atomic E-state index is 12.8. The van der Waals surface area contributed by atoms with Gasteiger partial charge in [0.2, 0.25) is 0 Å². The van der Waals surface area contributed by atoms with Crippen LogP contribution in [-0.2, 0) is 28.6 Å². The van der Waals surface area contributed by atoms with Crippen molar-refractivity contribution in [3.8, 4) is 0 Å². The highest BCUT2D eigenvalue weighted by Gasteiger charge is 2.19. The van der Waals surface area contributed by atoms with E-state index in [9.17, 15) is 14.4 Å². The molecule has 0 radical (unpaired) electrons. The van der Waals surface area contributed by atoms with Gasteiger partial charge in [-0.05, 0) is 96.3 Å². The number of unbranched alkanes of at least 4 members (excludes halogenated alkanes) is 23. The van der Waals surface area contributed by atoms with Crippen molar-refractivity contribution in [2.24, 2.45) is 0 Å². The monoisotopic (exact) mass is 945 g/mol. The number of esters is 3. The lowest BCUT2D eigenvalue weighted by Crippen LogP contribution is -2.30. The summed E-state index contributed by atoms with van der Waals surface area (Å²) >= 11 is 0. The smallest absolute Gasteiger partial charge is 0.306 e. The molecule has 388 valence electrons. The minimum absolute atomic E-state index is 0.0954. The summed E-state index contributed by atoms with van der Waals surface area (Å²) in [7, 11) is 0. The van der Waals surface area contributed by atoms with Crippen molar-refractivity contribution in [3.63, 3.8) is 0 Å². The Kier molecular flexibility index (Phi) is 52.9. The number of ether oxygens (including phenoxy) is 3. The molecule has 0 rings (SSSR count). The third-order valence-corrected chi connectivity index (χ3v) is 11.8. The molecule has 6 nitrogen and oxygen atoms in total. The van der Waals surface area contributed by atoms with Crippen LogP contribution in [0.25, 0.3) is 0 Å². The molecular weight excluding hydrogens is 841 g/mol. The molecule has 0 aromatic heterocycles. The van der Waals surface area contributed by atoms with E-state index in [1.165, 1.54) is 103 Å². The predicted octanol–water partition coefficient (Wildman–Crippen LogP) is 18.9. The Morgan fingerprint density at radius 2 is 0.574 bits per heavy atom. The summed E-state index contributed by atoms with van der Waals surface area (Å²) in [5.74, 6) is -0.942. The van der Waals surface area contributed by atoms with Crippen molar-refractivity contribution in [2.75, 3.05) is 13.2 Å². The van der Waals surface area contributed by atoms with Crippen LogP contribution in [0.1, 0.15) is 258 Å². The topological polar surface area (TPSA) is 78.9 Å². The molecule has 1 atom stereocenters. The number of hydrogen-bond donors (Lipinski definition) is 0. The summed E-state index contributed by atoms with van der Waals surface area (Å²) in [6.45, 7) is 6.38. The third kappa shape index (κ3) is 53.3. The van der Waals surface area contributed by atoms with Gasteiger partial charge < -0.3 is 14.2 Å². The highest BCUT2D eigenvalue weighted by Crippen LogP contribution is 2.15. The Balaban J connectivity index is 4.42. The fourth-order valence-electron chi connectivity index (χ4n) is 7.66. The quantitative estimate of drug-likeness (QED) is 0.0262. The van der Waals surface area contributed by atoms with E-state index in [-0.39, 0.29) is 37.5 Å². The van der Waals surface area contributed by atoms with Crippen molar-refractivity contribution >= 4 is 17.9 Å². The van der Waals surface area contributed by atoms with Crippen LogP contribution in [0.3, 0.4) is 0 Å². The van der Waals surface area contributed by atoms with Crippen LogP contribution < -0.4 is 0 Å². The molecule has 0 saturated heterocycles. The van der Waals surface area contributed by atoms with Gasteiger partial charge in [-0.2, -0.15) is 0 Å². The van der Waals surface area contributed by atoms with Gasteiger partial charge in [0.1, 0.15) is 13.2 Å². The molecule has 0 fully saturated rings. The van der Waals surface area contributed by atoms with Gasteiger partial charge in [0, 0.05) is 19.3 Å². The van der Waals surface area contributed by atoms with Gasteiger partial charge >= 0.3 is 17.9 Å². The number of allylic oxidation sites excluding steroid dienone is 16. The molecule has 0 aliphatic carbocycles. The van der Waals surface area contributed by atoms with E-state index in [1.807, 2.05) is 0 Å². The zero-order chi connectivity index (χ0) is 49.3. The van der Waals surface area contributed by atoms with Gasteiger partial charge in [-0.15, -0.1) is 0 Å². The fourth-order valence-corrected chi connectivity index (χ4v) is 7.66. The van der Waals surface area contributed by atoms with Crippen LogP contribution in [0.2, 0.25) is 0 Å². The molecule has 68 heavy (non-hydrogen) atoms. The first-order chi connectivity index (χ1) is 33.5. The maximum absolute atomic E-state index is 12.8. The number of hydrogen-bond acceptors (Lipinski definition) is 6. The van der Waals surface area contributed by atoms with E-state index < -0.39 is 6.10 Å². The zero-order valence-corrected chi connectivity index (χ0v) is 44.3. The van der Waals surface area contributed by atoms with E-state index in [0.717, 1.165) is 109 Å². The summed E-state index contributed by atoms with van der Waals surface area (Å²) in [6.07, 6.45) is 74.0. The van der Waals surface area contributed by atoms with Crippen LogP contribution in [0.5, 0.6) is 0 Å². The Labute approximate surface area is 419 Å². The van der Waals surface area contributed by atoms with Gasteiger partial charge in [-0.25, -0.2) is 0 Å². The Morgan fingerprint density at radius 3 is 0.926 bits per heavy atom. The average molecular weight is 946 g/mol. The van der Waals surface area contributed by atoms with Gasteiger partial charge in [0.05, 0.1) is 0 Å². The molecule has 6 heteroatoms. The Hall–Kier alpha value is -3.67. The van der Waals surface area contributed by atoms with Crippen LogP contribution in [0, 0.1) is 0 Å². The van der Waals surface area contributed by atoms with E-state index >= 15 is 0 Å². The second-order valence-corrected chi connectivity index (χ2v) is 18.4. The van der Waals surface area contributed by atoms with Crippen molar-refractivity contribution in [1.82, 2.24) is 0 Å². The minimum atomic E-state index is -0.802. The summed E-state index contributed by atoms with van der Waals surface area (Å²) in [5.41, 5.74) is 0. The molecule has 0 spiro atoms. The molecule has 0 aliphatic heterocycles. The normalized spacial score (nSPS) is 12.8. The second-order valence-electron chi connectivity index (χ2n) is 18.4. The highest BCUT2D eigenvalue weighted by atomic mass is 16.6. The van der Waals surface area contributed by atoms with E-state index in [0.29, 0.717) is 19.3 Å². The Bertz CT molecular complexity index is 1360. The van der Waals surface area contributed by atoms with Crippen LogP contribution >= 0.6 is 0 Å². The molecule has 0 bridgehead atoms.